The molecule has 0 fully saturated rings. The fourth-order valence-electron chi connectivity index (χ4n) is 0.879. The Labute approximate surface area is 82.9 Å². The Morgan fingerprint density at radius 1 is 1.54 bits per heavy atom. The Morgan fingerprint density at radius 2 is 2.15 bits per heavy atom. The molecule has 2 N–H and O–H groups in total. The van der Waals surface area contributed by atoms with Crippen LogP contribution in [0.3, 0.4) is 0 Å². The van der Waals surface area contributed by atoms with Gasteiger partial charge in [-0.15, -0.1) is 0 Å². The molecule has 0 heterocycles. The van der Waals surface area contributed by atoms with E-state index in [1.165, 1.54) is 19.2 Å². The number of aromatic carboxylic acids is 1. The second kappa shape index (κ2) is 3.66. The van der Waals surface area contributed by atoms with Gasteiger partial charge in [0, 0.05) is 6.07 Å². The molecule has 0 saturated heterocycles. The van der Waals surface area contributed by atoms with Crippen molar-refractivity contribution in [2.75, 3.05) is 7.11 Å². The summed E-state index contributed by atoms with van der Waals surface area (Å²) in [6, 6.07) is 2.53. The lowest BCUT2D eigenvalue weighted by atomic mass is 10.2. The van der Waals surface area contributed by atoms with Crippen molar-refractivity contribution in [3.8, 4) is 11.5 Å². The van der Waals surface area contributed by atoms with E-state index >= 15 is 0 Å². The van der Waals surface area contributed by atoms with Gasteiger partial charge >= 0.3 is 5.97 Å². The standard InChI is InChI=1S/C8H7BrO4/c1-13-7-3-6(10)5(9)2-4(7)8(11)12/h2-3,10H,1H3,(H,11,12). The summed E-state index contributed by atoms with van der Waals surface area (Å²) in [6.07, 6.45) is 0. The van der Waals surface area contributed by atoms with E-state index in [9.17, 15) is 9.90 Å². The number of carboxylic acids is 1. The van der Waals surface area contributed by atoms with E-state index in [1.54, 1.807) is 0 Å². The van der Waals surface area contributed by atoms with Crippen molar-refractivity contribution >= 4 is 21.9 Å². The minimum Gasteiger partial charge on any atom is -0.507 e. The largest absolute Gasteiger partial charge is 0.507 e. The normalized spacial score (nSPS) is 9.69. The number of rotatable bonds is 2. The van der Waals surface area contributed by atoms with Crippen LogP contribution in [0, 0.1) is 0 Å². The fraction of sp³-hybridized carbons (Fsp3) is 0.125. The second-order valence-electron chi connectivity index (χ2n) is 2.31. The molecule has 4 nitrogen and oxygen atoms in total. The van der Waals surface area contributed by atoms with Crippen LogP contribution in [0.5, 0.6) is 11.5 Å². The molecule has 0 aliphatic carbocycles. The van der Waals surface area contributed by atoms with E-state index in [2.05, 4.69) is 15.9 Å². The molecule has 0 amide bonds. The SMILES string of the molecule is COc1cc(O)c(Br)cc1C(=O)O. The Morgan fingerprint density at radius 3 is 2.62 bits per heavy atom. The van der Waals surface area contributed by atoms with Crippen LogP contribution in [0.2, 0.25) is 0 Å². The molecule has 0 bridgehead atoms. The zero-order valence-electron chi connectivity index (χ0n) is 6.74. The molecule has 0 atom stereocenters. The summed E-state index contributed by atoms with van der Waals surface area (Å²) >= 11 is 3.01. The molecule has 0 unspecified atom stereocenters. The van der Waals surface area contributed by atoms with Gasteiger partial charge in [0.1, 0.15) is 17.1 Å². The predicted molar refractivity (Wildman–Crippen MR) is 49.3 cm³/mol. The highest BCUT2D eigenvalue weighted by atomic mass is 79.9. The molecule has 0 aliphatic heterocycles. The van der Waals surface area contributed by atoms with E-state index in [-0.39, 0.29) is 17.1 Å². The number of aromatic hydroxyl groups is 1. The molecule has 1 rings (SSSR count). The van der Waals surface area contributed by atoms with Gasteiger partial charge in [0.25, 0.3) is 0 Å². The summed E-state index contributed by atoms with van der Waals surface area (Å²) in [5, 5.41) is 17.9. The van der Waals surface area contributed by atoms with Crippen LogP contribution in [-0.2, 0) is 0 Å². The van der Waals surface area contributed by atoms with Crippen LogP contribution >= 0.6 is 15.9 Å². The van der Waals surface area contributed by atoms with Crippen molar-refractivity contribution in [3.05, 3.63) is 22.2 Å². The van der Waals surface area contributed by atoms with Gasteiger partial charge in [0.15, 0.2) is 0 Å². The highest BCUT2D eigenvalue weighted by molar-refractivity contribution is 9.10. The maximum Gasteiger partial charge on any atom is 0.339 e. The smallest absolute Gasteiger partial charge is 0.339 e. The maximum absolute atomic E-state index is 10.7. The van der Waals surface area contributed by atoms with Crippen molar-refractivity contribution in [2.24, 2.45) is 0 Å². The topological polar surface area (TPSA) is 66.8 Å². The number of hydrogen-bond donors (Lipinski definition) is 2. The number of hydrogen-bond acceptors (Lipinski definition) is 3. The number of carbonyl (C=O) groups is 1. The number of methoxy groups -OCH3 is 1. The fourth-order valence-corrected chi connectivity index (χ4v) is 1.22. The Bertz CT molecular complexity index is 348. The molecule has 13 heavy (non-hydrogen) atoms. The molecular formula is C8H7BrO4. The maximum atomic E-state index is 10.7. The lowest BCUT2D eigenvalue weighted by Crippen LogP contribution is -2.00. The molecule has 1 aromatic rings. The van der Waals surface area contributed by atoms with Gasteiger partial charge < -0.3 is 14.9 Å². The highest BCUT2D eigenvalue weighted by Crippen LogP contribution is 2.31. The number of phenolic OH excluding ortho intramolecular Hbond substituents is 1. The van der Waals surface area contributed by atoms with E-state index in [0.29, 0.717) is 4.47 Å². The van der Waals surface area contributed by atoms with Crippen LogP contribution in [-0.4, -0.2) is 23.3 Å². The quantitative estimate of drug-likeness (QED) is 0.836. The van der Waals surface area contributed by atoms with Gasteiger partial charge in [0.05, 0.1) is 11.6 Å². The van der Waals surface area contributed by atoms with Gasteiger partial charge in [-0.25, -0.2) is 4.79 Å². The van der Waals surface area contributed by atoms with Crippen molar-refractivity contribution < 1.29 is 19.7 Å². The number of phenols is 1. The first-order valence-corrected chi connectivity index (χ1v) is 4.15. The second-order valence-corrected chi connectivity index (χ2v) is 3.16. The molecule has 70 valence electrons. The van der Waals surface area contributed by atoms with Crippen molar-refractivity contribution in [1.82, 2.24) is 0 Å². The number of ether oxygens (including phenoxy) is 1. The van der Waals surface area contributed by atoms with E-state index in [1.807, 2.05) is 0 Å². The van der Waals surface area contributed by atoms with E-state index in [4.69, 9.17) is 9.84 Å². The minimum atomic E-state index is -1.10. The lowest BCUT2D eigenvalue weighted by molar-refractivity contribution is 0.0693. The number of carboxylic acid groups (broad SMARTS) is 1. The van der Waals surface area contributed by atoms with Crippen LogP contribution in [0.15, 0.2) is 16.6 Å². The zero-order valence-corrected chi connectivity index (χ0v) is 8.33. The third-order valence-electron chi connectivity index (χ3n) is 1.50. The van der Waals surface area contributed by atoms with Crippen molar-refractivity contribution in [1.29, 1.82) is 0 Å². The first-order chi connectivity index (χ1) is 6.06. The first kappa shape index (κ1) is 9.85. The average molecular weight is 247 g/mol. The minimum absolute atomic E-state index is 0.00664. The van der Waals surface area contributed by atoms with E-state index < -0.39 is 5.97 Å². The molecule has 0 radical (unpaired) electrons. The molecule has 0 aromatic heterocycles. The first-order valence-electron chi connectivity index (χ1n) is 3.36. The Kier molecular flexibility index (Phi) is 2.77. The third kappa shape index (κ3) is 1.92. The molecule has 0 aliphatic rings. The summed E-state index contributed by atoms with van der Waals surface area (Å²) < 4.78 is 5.11. The van der Waals surface area contributed by atoms with Crippen molar-refractivity contribution in [2.45, 2.75) is 0 Å². The number of benzene rings is 1. The van der Waals surface area contributed by atoms with Gasteiger partial charge in [-0.1, -0.05) is 0 Å². The van der Waals surface area contributed by atoms with Crippen molar-refractivity contribution in [3.63, 3.8) is 0 Å². The van der Waals surface area contributed by atoms with Crippen LogP contribution in [0.25, 0.3) is 0 Å². The summed E-state index contributed by atoms with van der Waals surface area (Å²) in [5.74, 6) is -1.02. The van der Waals surface area contributed by atoms with Crippen LogP contribution < -0.4 is 4.74 Å². The molecule has 0 saturated carbocycles. The Hall–Kier alpha value is -1.23. The van der Waals surface area contributed by atoms with E-state index in [0.717, 1.165) is 0 Å². The molecule has 1 aromatic carbocycles. The average Bonchev–Trinajstić information content (AvgIpc) is 2.08. The van der Waals surface area contributed by atoms with Crippen LogP contribution in [0.4, 0.5) is 0 Å². The Balaban J connectivity index is 3.33. The zero-order chi connectivity index (χ0) is 10.0. The predicted octanol–water partition coefficient (Wildman–Crippen LogP) is 1.86. The third-order valence-corrected chi connectivity index (χ3v) is 2.13. The summed E-state index contributed by atoms with van der Waals surface area (Å²) in [4.78, 5) is 10.7. The van der Waals surface area contributed by atoms with Crippen LogP contribution in [0.1, 0.15) is 10.4 Å². The van der Waals surface area contributed by atoms with Gasteiger partial charge in [0.2, 0.25) is 0 Å². The van der Waals surface area contributed by atoms with Gasteiger partial charge in [-0.05, 0) is 22.0 Å². The van der Waals surface area contributed by atoms with Gasteiger partial charge in [-0.2, -0.15) is 0 Å². The number of halogens is 1. The monoisotopic (exact) mass is 246 g/mol. The summed E-state index contributed by atoms with van der Waals surface area (Å²) in [6.45, 7) is 0. The molecule has 5 heteroatoms. The highest BCUT2D eigenvalue weighted by Gasteiger charge is 2.13. The van der Waals surface area contributed by atoms with Gasteiger partial charge in [-0.3, -0.25) is 0 Å². The summed E-state index contributed by atoms with van der Waals surface area (Å²) in [5.41, 5.74) is 0.00664. The lowest BCUT2D eigenvalue weighted by Gasteiger charge is -2.06. The molecular weight excluding hydrogens is 240 g/mol. The summed E-state index contributed by atoms with van der Waals surface area (Å²) in [7, 11) is 1.34. The molecule has 0 spiro atoms.